The highest BCUT2D eigenvalue weighted by atomic mass is 16.5. The first kappa shape index (κ1) is 78.9. The van der Waals surface area contributed by atoms with Crippen molar-refractivity contribution < 1.29 is 78.0 Å². The van der Waals surface area contributed by atoms with Gasteiger partial charge in [0.1, 0.15) is 86.4 Å². The van der Waals surface area contributed by atoms with Crippen molar-refractivity contribution in [2.24, 2.45) is 0 Å². The minimum atomic E-state index is -0.682. The lowest BCUT2D eigenvalue weighted by Crippen LogP contribution is -2.30. The Morgan fingerprint density at radius 2 is 0.534 bits per heavy atom. The van der Waals surface area contributed by atoms with Crippen molar-refractivity contribution in [1.82, 2.24) is 0 Å². The van der Waals surface area contributed by atoms with Gasteiger partial charge in [-0.3, -0.25) is 0 Å². The predicted octanol–water partition coefficient (Wildman–Crippen LogP) is 21.0. The van der Waals surface area contributed by atoms with Crippen molar-refractivity contribution >= 4 is 11.5 Å². The standard InChI is InChI=1S/2C36H30O4.2C15H14O4/c2*1-4-12-27(13-5-1)24-37-33-21-20-31(23-34(33)38-25-28-14-6-2-7-15-28)36-35(39-26-29-16-8-3-9-17-29)22-30-18-10-11-19-32(30)40-36;2*16-11-6-5-10(8-12(11)17)15-13(18)7-9-3-1-2-4-14(9)19-15/h2*1-21,23H,22,24-26H2;2*1-6,8,13,15-18H,7H2/t;;13-,15+;13-,15-/m..01/s1. The second-order valence-electron chi connectivity index (χ2n) is 28.6. The van der Waals surface area contributed by atoms with Crippen LogP contribution in [0.4, 0.5) is 0 Å². The van der Waals surface area contributed by atoms with Gasteiger partial charge in [-0.1, -0.05) is 267 Å². The number of hydrogen-bond acceptors (Lipinski definition) is 16. The van der Waals surface area contributed by atoms with Gasteiger partial charge in [-0.2, -0.15) is 0 Å². The molecule has 0 aromatic heterocycles. The zero-order valence-electron chi connectivity index (χ0n) is 64.6. The molecule has 16 heteroatoms. The van der Waals surface area contributed by atoms with E-state index in [1.165, 1.54) is 24.3 Å². The van der Waals surface area contributed by atoms with Gasteiger partial charge in [-0.15, -0.1) is 0 Å². The molecule has 0 unspecified atom stereocenters. The monoisotopic (exact) mass is 1570 g/mol. The number of aliphatic hydroxyl groups excluding tert-OH is 2. The Bertz CT molecular complexity index is 5360. The summed E-state index contributed by atoms with van der Waals surface area (Å²) in [4.78, 5) is 0. The van der Waals surface area contributed by atoms with Crippen molar-refractivity contribution in [3.8, 4) is 69.0 Å². The van der Waals surface area contributed by atoms with Crippen LogP contribution >= 0.6 is 0 Å². The van der Waals surface area contributed by atoms with Gasteiger partial charge in [0, 0.05) is 47.9 Å². The third-order valence-electron chi connectivity index (χ3n) is 20.1. The van der Waals surface area contributed by atoms with Crippen molar-refractivity contribution in [2.75, 3.05) is 0 Å². The van der Waals surface area contributed by atoms with E-state index in [1.807, 2.05) is 279 Å². The fourth-order valence-corrected chi connectivity index (χ4v) is 13.9. The van der Waals surface area contributed by atoms with Crippen LogP contribution in [0, 0.1) is 0 Å². The molecule has 0 amide bonds. The highest BCUT2D eigenvalue weighted by molar-refractivity contribution is 5.71. The second-order valence-corrected chi connectivity index (χ2v) is 28.6. The number of ether oxygens (including phenoxy) is 10. The molecule has 6 N–H and O–H groups in total. The van der Waals surface area contributed by atoms with Gasteiger partial charge in [0.2, 0.25) is 0 Å². The fraction of sp³-hybridized carbons (Fsp3) is 0.137. The number of aromatic hydroxyl groups is 4. The zero-order chi connectivity index (χ0) is 80.8. The number of phenols is 4. The summed E-state index contributed by atoms with van der Waals surface area (Å²) < 4.78 is 62.4. The first-order valence-electron chi connectivity index (χ1n) is 39.1. The summed E-state index contributed by atoms with van der Waals surface area (Å²) in [7, 11) is 0. The Hall–Kier alpha value is -14.3. The van der Waals surface area contributed by atoms with Crippen LogP contribution in [0.1, 0.15) is 90.1 Å². The lowest BCUT2D eigenvalue weighted by Gasteiger charge is -2.30. The molecule has 0 fully saturated rings. The van der Waals surface area contributed by atoms with Crippen LogP contribution in [0.2, 0.25) is 0 Å². The van der Waals surface area contributed by atoms with E-state index in [2.05, 4.69) is 36.4 Å². The van der Waals surface area contributed by atoms with Crippen molar-refractivity contribution in [1.29, 1.82) is 0 Å². The van der Waals surface area contributed by atoms with Crippen LogP contribution in [0.3, 0.4) is 0 Å². The van der Waals surface area contributed by atoms with E-state index in [4.69, 9.17) is 47.4 Å². The fourth-order valence-electron chi connectivity index (χ4n) is 13.9. The van der Waals surface area contributed by atoms with Crippen LogP contribution in [0.15, 0.2) is 363 Å². The number of fused-ring (bicyclic) bond motifs is 4. The summed E-state index contributed by atoms with van der Waals surface area (Å²) in [6.45, 7) is 2.65. The summed E-state index contributed by atoms with van der Waals surface area (Å²) in [5.74, 6) is 7.94. The van der Waals surface area contributed by atoms with Gasteiger partial charge in [-0.25, -0.2) is 0 Å². The van der Waals surface area contributed by atoms with E-state index in [-0.39, 0.29) is 23.0 Å². The van der Waals surface area contributed by atoms with Crippen molar-refractivity contribution in [2.45, 2.75) is 89.7 Å². The molecule has 4 aliphatic rings. The SMILES string of the molecule is Oc1ccc([C@H]2Oc3ccccc3C[C@@H]2O)cc1O.Oc1ccc([C@H]2Oc3ccccc3C[C@H]2O)cc1O.c1ccc(COC2=C(c3ccc(OCc4ccccc4)c(OCc4ccccc4)c3)Oc3ccccc3C2)cc1.c1ccc(COC2=C(c3ccc(OCc4ccccc4)c(OCc4ccccc4)c3)Oc3ccccc3C2)cc1. The van der Waals surface area contributed by atoms with Crippen LogP contribution in [0.25, 0.3) is 11.5 Å². The molecule has 16 nitrogen and oxygen atoms in total. The summed E-state index contributed by atoms with van der Waals surface area (Å²) in [6, 6.07) is 113. The van der Waals surface area contributed by atoms with Gasteiger partial charge in [0.25, 0.3) is 0 Å². The molecule has 18 rings (SSSR count). The molecule has 0 saturated heterocycles. The van der Waals surface area contributed by atoms with Crippen LogP contribution in [0.5, 0.6) is 69.0 Å². The van der Waals surface area contributed by atoms with Crippen LogP contribution in [-0.2, 0) is 74.8 Å². The molecule has 4 heterocycles. The van der Waals surface area contributed by atoms with E-state index in [0.717, 1.165) is 101 Å². The number of rotatable bonds is 22. The Morgan fingerprint density at radius 1 is 0.254 bits per heavy atom. The van der Waals surface area contributed by atoms with Gasteiger partial charge >= 0.3 is 0 Å². The molecule has 4 atom stereocenters. The summed E-state index contributed by atoms with van der Waals surface area (Å²) in [5, 5.41) is 58.0. The molecule has 14 aromatic carbocycles. The first-order chi connectivity index (χ1) is 57.9. The average Bonchev–Trinajstić information content (AvgIpc) is 0.794. The van der Waals surface area contributed by atoms with E-state index in [0.29, 0.717) is 111 Å². The number of aliphatic hydroxyl groups is 2. The molecule has 0 saturated carbocycles. The maximum Gasteiger partial charge on any atom is 0.172 e. The Morgan fingerprint density at radius 3 is 0.856 bits per heavy atom. The third kappa shape index (κ3) is 20.6. The normalized spacial score (nSPS) is 15.3. The number of hydrogen-bond donors (Lipinski definition) is 6. The average molecular weight is 1570 g/mol. The molecule has 118 heavy (non-hydrogen) atoms. The molecule has 0 aliphatic carbocycles. The highest BCUT2D eigenvalue weighted by Gasteiger charge is 2.33. The quantitative estimate of drug-likeness (QED) is 0.0348. The minimum Gasteiger partial charge on any atom is -0.504 e. The largest absolute Gasteiger partial charge is 0.504 e. The predicted molar refractivity (Wildman–Crippen MR) is 452 cm³/mol. The van der Waals surface area contributed by atoms with Crippen molar-refractivity contribution in [3.05, 3.63) is 441 Å². The molecule has 592 valence electrons. The molecule has 0 spiro atoms. The molecule has 0 bridgehead atoms. The number of phenolic OH excluding ortho intramolecular Hbond substituents is 4. The van der Waals surface area contributed by atoms with Gasteiger partial charge in [0.15, 0.2) is 57.5 Å². The Kier molecular flexibility index (Phi) is 25.9. The lowest BCUT2D eigenvalue weighted by molar-refractivity contribution is 0.0206. The van der Waals surface area contributed by atoms with E-state index >= 15 is 0 Å². The summed E-state index contributed by atoms with van der Waals surface area (Å²) in [6.07, 6.45) is -0.152. The van der Waals surface area contributed by atoms with E-state index < -0.39 is 24.4 Å². The molecule has 4 aliphatic heterocycles. The first-order valence-corrected chi connectivity index (χ1v) is 39.1. The Labute approximate surface area is 685 Å². The number of para-hydroxylation sites is 4. The molecule has 14 aromatic rings. The van der Waals surface area contributed by atoms with E-state index in [9.17, 15) is 30.6 Å². The lowest BCUT2D eigenvalue weighted by atomic mass is 9.94. The van der Waals surface area contributed by atoms with Gasteiger partial charge < -0.3 is 78.0 Å². The number of benzene rings is 14. The minimum absolute atomic E-state index is 0.186. The third-order valence-corrected chi connectivity index (χ3v) is 20.1. The summed E-state index contributed by atoms with van der Waals surface area (Å²) in [5.41, 5.74) is 13.7. The molecular weight excluding hydrogens is 1480 g/mol. The van der Waals surface area contributed by atoms with Crippen molar-refractivity contribution in [3.63, 3.8) is 0 Å². The zero-order valence-corrected chi connectivity index (χ0v) is 64.6. The highest BCUT2D eigenvalue weighted by Crippen LogP contribution is 2.44. The topological polar surface area (TPSA) is 214 Å². The number of allylic oxidation sites excluding steroid dienone is 2. The molecular formula is C102H88O16. The smallest absolute Gasteiger partial charge is 0.172 e. The second kappa shape index (κ2) is 38.7. The molecule has 0 radical (unpaired) electrons. The summed E-state index contributed by atoms with van der Waals surface area (Å²) >= 11 is 0. The Balaban J connectivity index is 0.000000130. The van der Waals surface area contributed by atoms with E-state index in [1.54, 1.807) is 12.1 Å². The van der Waals surface area contributed by atoms with Crippen LogP contribution < -0.4 is 37.9 Å². The van der Waals surface area contributed by atoms with Gasteiger partial charge in [0.05, 0.1) is 12.2 Å². The van der Waals surface area contributed by atoms with Crippen LogP contribution in [-0.4, -0.2) is 42.8 Å². The maximum absolute atomic E-state index is 10.2. The van der Waals surface area contributed by atoms with Gasteiger partial charge in [-0.05, 0) is 141 Å². The maximum atomic E-state index is 10.2.